The number of hydrogen-bond donors (Lipinski definition) is 1. The van der Waals surface area contributed by atoms with Crippen LogP contribution in [0.15, 0.2) is 29.3 Å². The molecular weight excluding hydrogens is 272 g/mol. The Hall–Kier alpha value is -1.51. The maximum absolute atomic E-state index is 12.2. The van der Waals surface area contributed by atoms with E-state index < -0.39 is 0 Å². The number of nitrogens with one attached hydrogen (secondary N) is 1. The van der Waals surface area contributed by atoms with Crippen LogP contribution in [0.5, 0.6) is 5.75 Å². The highest BCUT2D eigenvalue weighted by molar-refractivity contribution is 6.01. The summed E-state index contributed by atoms with van der Waals surface area (Å²) in [5, 5.41) is 15.8. The molecule has 0 spiro atoms. The average molecular weight is 299 g/mol. The number of amidine groups is 1. The van der Waals surface area contributed by atoms with Crippen molar-refractivity contribution in [2.45, 2.75) is 76.3 Å². The van der Waals surface area contributed by atoms with E-state index in [0.29, 0.717) is 12.1 Å². The molecule has 119 valence electrons. The molecule has 1 aromatic rings. The molecule has 0 aliphatic heterocycles. The highest BCUT2D eigenvalue weighted by atomic mass is 16.3. The van der Waals surface area contributed by atoms with E-state index in [4.69, 9.17) is 4.99 Å². The van der Waals surface area contributed by atoms with Crippen molar-refractivity contribution in [2.75, 3.05) is 0 Å². The zero-order valence-corrected chi connectivity index (χ0v) is 13.4. The lowest BCUT2D eigenvalue weighted by molar-refractivity contribution is 0.353. The second-order valence-electron chi connectivity index (χ2n) is 6.74. The molecule has 2 fully saturated rings. The predicted molar refractivity (Wildman–Crippen MR) is 90.0 cm³/mol. The highest BCUT2D eigenvalue weighted by Gasteiger charge is 2.20. The van der Waals surface area contributed by atoms with E-state index in [1.165, 1.54) is 51.4 Å². The molecule has 1 aromatic carbocycles. The summed E-state index contributed by atoms with van der Waals surface area (Å²) in [6, 6.07) is 8.18. The van der Waals surface area contributed by atoms with Gasteiger partial charge >= 0.3 is 0 Å². The van der Waals surface area contributed by atoms with Gasteiger partial charge in [-0.25, -0.2) is 0 Å². The van der Waals surface area contributed by atoms with Gasteiger partial charge in [-0.3, -0.25) is 10.1 Å². The Morgan fingerprint density at radius 1 is 0.909 bits per heavy atom. The quantitative estimate of drug-likeness (QED) is 0.630. The smallest absolute Gasteiger partial charge is 0.189 e. The summed E-state index contributed by atoms with van der Waals surface area (Å²) in [6.45, 7) is 0. The van der Waals surface area contributed by atoms with Crippen molar-refractivity contribution in [3.63, 3.8) is 0 Å². The van der Waals surface area contributed by atoms with E-state index in [9.17, 15) is 5.11 Å². The van der Waals surface area contributed by atoms with Crippen molar-refractivity contribution in [2.24, 2.45) is 4.99 Å². The summed E-state index contributed by atoms with van der Waals surface area (Å²) in [7, 11) is 0. The molecule has 22 heavy (non-hydrogen) atoms. The van der Waals surface area contributed by atoms with Gasteiger partial charge in [0.2, 0.25) is 0 Å². The topological polar surface area (TPSA) is 44.3 Å². The first-order valence-electron chi connectivity index (χ1n) is 8.93. The van der Waals surface area contributed by atoms with Gasteiger partial charge in [-0.2, -0.15) is 0 Å². The Morgan fingerprint density at radius 2 is 1.55 bits per heavy atom. The van der Waals surface area contributed by atoms with Crippen LogP contribution in [0.2, 0.25) is 0 Å². The molecule has 0 bridgehead atoms. The molecule has 0 amide bonds. The number of hydrogen-bond acceptors (Lipinski definition) is 1. The average Bonchev–Trinajstić information content (AvgIpc) is 2.57. The summed E-state index contributed by atoms with van der Waals surface area (Å²) in [5.41, 5.74) is 0.749. The lowest BCUT2D eigenvalue weighted by atomic mass is 9.94. The van der Waals surface area contributed by atoms with Crippen LogP contribution in [-0.4, -0.2) is 17.9 Å². The number of para-hydroxylation sites is 1. The van der Waals surface area contributed by atoms with Crippen LogP contribution in [0.3, 0.4) is 0 Å². The third kappa shape index (κ3) is 4.02. The van der Waals surface area contributed by atoms with Crippen molar-refractivity contribution in [1.29, 1.82) is 0 Å². The Kier molecular flexibility index (Phi) is 5.36. The van der Waals surface area contributed by atoms with E-state index in [2.05, 4.69) is 5.32 Å². The third-order valence-corrected chi connectivity index (χ3v) is 4.97. The SMILES string of the molecule is [O]c1ccccc1C(=NC1CCCCC1)NC1CCCCC1. The fraction of sp³-hybridized carbons (Fsp3) is 0.632. The van der Waals surface area contributed by atoms with Gasteiger partial charge in [0.1, 0.15) is 5.84 Å². The molecule has 2 aliphatic rings. The van der Waals surface area contributed by atoms with Gasteiger partial charge in [0.15, 0.2) is 5.75 Å². The molecule has 0 unspecified atom stereocenters. The van der Waals surface area contributed by atoms with E-state index in [0.717, 1.165) is 24.2 Å². The predicted octanol–water partition coefficient (Wildman–Crippen LogP) is 4.83. The van der Waals surface area contributed by atoms with E-state index >= 15 is 0 Å². The van der Waals surface area contributed by atoms with Crippen LogP contribution in [0.4, 0.5) is 0 Å². The number of nitrogens with zero attached hydrogens (tertiary/aromatic N) is 1. The Bertz CT molecular complexity index is 500. The first-order valence-corrected chi connectivity index (χ1v) is 8.93. The second kappa shape index (κ2) is 7.66. The largest absolute Gasteiger partial charge is 0.367 e. The second-order valence-corrected chi connectivity index (χ2v) is 6.74. The highest BCUT2D eigenvalue weighted by Crippen LogP contribution is 2.24. The molecule has 1 N–H and O–H groups in total. The van der Waals surface area contributed by atoms with Crippen LogP contribution in [0.25, 0.3) is 0 Å². The molecule has 0 aromatic heterocycles. The van der Waals surface area contributed by atoms with Gasteiger partial charge in [-0.1, -0.05) is 50.7 Å². The van der Waals surface area contributed by atoms with Crippen molar-refractivity contribution in [1.82, 2.24) is 5.32 Å². The van der Waals surface area contributed by atoms with Crippen molar-refractivity contribution in [3.8, 4) is 5.75 Å². The summed E-state index contributed by atoms with van der Waals surface area (Å²) >= 11 is 0. The molecule has 0 heterocycles. The standard InChI is InChI=1S/C19H27N2O/c22-18-14-8-7-13-17(18)19(20-15-9-3-1-4-10-15)21-16-11-5-2-6-12-16/h7-8,13-16H,1-6,9-12H2,(H,20,21). The zero-order valence-electron chi connectivity index (χ0n) is 13.4. The van der Waals surface area contributed by atoms with Crippen LogP contribution in [0, 0.1) is 0 Å². The fourth-order valence-electron chi connectivity index (χ4n) is 3.68. The lowest BCUT2D eigenvalue weighted by Crippen LogP contribution is -2.37. The Morgan fingerprint density at radius 3 is 2.23 bits per heavy atom. The summed E-state index contributed by atoms with van der Waals surface area (Å²) in [6.07, 6.45) is 12.5. The minimum absolute atomic E-state index is 0.0837. The van der Waals surface area contributed by atoms with Gasteiger partial charge < -0.3 is 5.32 Å². The summed E-state index contributed by atoms with van der Waals surface area (Å²) < 4.78 is 0. The van der Waals surface area contributed by atoms with Crippen LogP contribution in [-0.2, 0) is 5.11 Å². The summed E-state index contributed by atoms with van der Waals surface area (Å²) in [5.74, 6) is 0.935. The molecule has 1 radical (unpaired) electrons. The molecule has 2 aliphatic carbocycles. The Labute approximate surface area is 133 Å². The van der Waals surface area contributed by atoms with Crippen LogP contribution in [0.1, 0.15) is 69.8 Å². The molecule has 0 saturated heterocycles. The lowest BCUT2D eigenvalue weighted by Gasteiger charge is -2.26. The van der Waals surface area contributed by atoms with E-state index in [1.54, 1.807) is 6.07 Å². The van der Waals surface area contributed by atoms with Crippen LogP contribution >= 0.6 is 0 Å². The molecule has 0 atom stereocenters. The third-order valence-electron chi connectivity index (χ3n) is 4.97. The summed E-state index contributed by atoms with van der Waals surface area (Å²) in [4.78, 5) is 4.97. The van der Waals surface area contributed by atoms with Gasteiger partial charge in [0.25, 0.3) is 0 Å². The zero-order chi connectivity index (χ0) is 15.2. The van der Waals surface area contributed by atoms with Gasteiger partial charge in [-0.15, -0.1) is 0 Å². The van der Waals surface area contributed by atoms with Crippen molar-refractivity contribution in [3.05, 3.63) is 29.8 Å². The van der Waals surface area contributed by atoms with Crippen molar-refractivity contribution < 1.29 is 5.11 Å². The fourth-order valence-corrected chi connectivity index (χ4v) is 3.68. The molecule has 2 saturated carbocycles. The minimum Gasteiger partial charge on any atom is -0.367 e. The van der Waals surface area contributed by atoms with E-state index in [1.807, 2.05) is 18.2 Å². The Balaban J connectivity index is 1.80. The maximum Gasteiger partial charge on any atom is 0.189 e. The number of rotatable bonds is 3. The van der Waals surface area contributed by atoms with Crippen LogP contribution < -0.4 is 5.32 Å². The molecule has 3 nitrogen and oxygen atoms in total. The molecule has 3 heteroatoms. The number of benzene rings is 1. The van der Waals surface area contributed by atoms with Crippen molar-refractivity contribution >= 4 is 5.84 Å². The maximum atomic E-state index is 12.2. The number of aliphatic imine (C=N–C) groups is 1. The minimum atomic E-state index is 0.0837. The monoisotopic (exact) mass is 299 g/mol. The first kappa shape index (κ1) is 15.4. The molecular formula is C19H27N2O. The van der Waals surface area contributed by atoms with E-state index in [-0.39, 0.29) is 5.75 Å². The molecule has 3 rings (SSSR count). The first-order chi connectivity index (χ1) is 10.8. The van der Waals surface area contributed by atoms with Gasteiger partial charge in [0.05, 0.1) is 11.6 Å². The van der Waals surface area contributed by atoms with Gasteiger partial charge in [0, 0.05) is 6.04 Å². The van der Waals surface area contributed by atoms with Gasteiger partial charge in [-0.05, 0) is 37.8 Å². The normalized spacial score (nSPS) is 21.7.